The number of carbonyl (C=O) groups excluding carboxylic acids is 1. The van der Waals surface area contributed by atoms with Crippen LogP contribution in [0, 0.1) is 3.57 Å². The highest BCUT2D eigenvalue weighted by Crippen LogP contribution is 2.11. The van der Waals surface area contributed by atoms with Gasteiger partial charge in [-0.05, 0) is 47.8 Å². The Bertz CT molecular complexity index is 386. The summed E-state index contributed by atoms with van der Waals surface area (Å²) in [6, 6.07) is 7.77. The Kier molecular flexibility index (Phi) is 3.81. The van der Waals surface area contributed by atoms with Crippen LogP contribution >= 0.6 is 22.6 Å². The van der Waals surface area contributed by atoms with Crippen LogP contribution < -0.4 is 0 Å². The second kappa shape index (κ2) is 5.14. The minimum absolute atomic E-state index is 0.159. The number of piperazine rings is 1. The minimum atomic E-state index is 0.159. The Labute approximate surface area is 110 Å². The Hall–Kier alpha value is -0.620. The summed E-state index contributed by atoms with van der Waals surface area (Å²) in [5.41, 5.74) is 0.802. The number of benzene rings is 1. The quantitative estimate of drug-likeness (QED) is 0.732. The maximum Gasteiger partial charge on any atom is 0.253 e. The minimum Gasteiger partial charge on any atom is -0.336 e. The molecule has 3 nitrogen and oxygen atoms in total. The van der Waals surface area contributed by atoms with E-state index in [0.29, 0.717) is 0 Å². The second-order valence-corrected chi connectivity index (χ2v) is 5.35. The average molecular weight is 330 g/mol. The van der Waals surface area contributed by atoms with Crippen molar-refractivity contribution in [2.45, 2.75) is 0 Å². The molecule has 4 heteroatoms. The van der Waals surface area contributed by atoms with Gasteiger partial charge in [0.05, 0.1) is 0 Å². The van der Waals surface area contributed by atoms with Crippen molar-refractivity contribution in [2.24, 2.45) is 0 Å². The molecule has 1 fully saturated rings. The molecule has 1 heterocycles. The highest BCUT2D eigenvalue weighted by Gasteiger charge is 2.20. The Morgan fingerprint density at radius 3 is 2.56 bits per heavy atom. The number of likely N-dealkylation sites (N-methyl/N-ethyl adjacent to an activating group) is 1. The van der Waals surface area contributed by atoms with Crippen LogP contribution in [0.1, 0.15) is 10.4 Å². The number of nitrogens with zero attached hydrogens (tertiary/aromatic N) is 2. The number of hydrogen-bond acceptors (Lipinski definition) is 2. The molecular formula is C12H15IN2O. The van der Waals surface area contributed by atoms with E-state index in [0.717, 1.165) is 35.3 Å². The van der Waals surface area contributed by atoms with Gasteiger partial charge in [0.2, 0.25) is 0 Å². The van der Waals surface area contributed by atoms with E-state index < -0.39 is 0 Å². The van der Waals surface area contributed by atoms with Gasteiger partial charge in [0.15, 0.2) is 0 Å². The van der Waals surface area contributed by atoms with Crippen molar-refractivity contribution in [1.29, 1.82) is 0 Å². The normalized spacial score (nSPS) is 17.5. The van der Waals surface area contributed by atoms with Gasteiger partial charge in [-0.25, -0.2) is 0 Å². The van der Waals surface area contributed by atoms with Gasteiger partial charge in [-0.3, -0.25) is 4.79 Å². The first-order valence-electron chi connectivity index (χ1n) is 5.40. The predicted octanol–water partition coefficient (Wildman–Crippen LogP) is 1.68. The molecule has 0 unspecified atom stereocenters. The zero-order valence-electron chi connectivity index (χ0n) is 9.32. The van der Waals surface area contributed by atoms with Crippen LogP contribution in [-0.4, -0.2) is 48.9 Å². The zero-order chi connectivity index (χ0) is 11.5. The number of rotatable bonds is 1. The topological polar surface area (TPSA) is 23.6 Å². The van der Waals surface area contributed by atoms with Crippen LogP contribution in [0.25, 0.3) is 0 Å². The lowest BCUT2D eigenvalue weighted by molar-refractivity contribution is 0.0664. The van der Waals surface area contributed by atoms with Gasteiger partial charge in [-0.2, -0.15) is 0 Å². The fourth-order valence-electron chi connectivity index (χ4n) is 1.81. The van der Waals surface area contributed by atoms with Crippen molar-refractivity contribution >= 4 is 28.5 Å². The van der Waals surface area contributed by atoms with Crippen LogP contribution in [0.4, 0.5) is 0 Å². The molecular weight excluding hydrogens is 315 g/mol. The van der Waals surface area contributed by atoms with E-state index in [-0.39, 0.29) is 5.91 Å². The molecule has 86 valence electrons. The molecule has 1 aromatic carbocycles. The summed E-state index contributed by atoms with van der Waals surface area (Å²) in [5.74, 6) is 0.159. The van der Waals surface area contributed by atoms with Crippen LogP contribution in [0.2, 0.25) is 0 Å². The third kappa shape index (κ3) is 2.74. The van der Waals surface area contributed by atoms with Gasteiger partial charge >= 0.3 is 0 Å². The lowest BCUT2D eigenvalue weighted by Crippen LogP contribution is -2.47. The third-order valence-corrected chi connectivity index (χ3v) is 3.53. The van der Waals surface area contributed by atoms with E-state index in [9.17, 15) is 4.79 Å². The monoisotopic (exact) mass is 330 g/mol. The van der Waals surface area contributed by atoms with Crippen LogP contribution in [0.5, 0.6) is 0 Å². The molecule has 0 bridgehead atoms. The van der Waals surface area contributed by atoms with Crippen molar-refractivity contribution in [3.05, 3.63) is 33.4 Å². The summed E-state index contributed by atoms with van der Waals surface area (Å²) >= 11 is 2.23. The molecule has 0 atom stereocenters. The summed E-state index contributed by atoms with van der Waals surface area (Å²) in [5, 5.41) is 0. The molecule has 1 aromatic rings. The molecule has 1 aliphatic heterocycles. The summed E-state index contributed by atoms with van der Waals surface area (Å²) in [6.07, 6.45) is 0. The van der Waals surface area contributed by atoms with Gasteiger partial charge in [0.25, 0.3) is 5.91 Å². The molecule has 0 spiro atoms. The first-order chi connectivity index (χ1) is 7.66. The highest BCUT2D eigenvalue weighted by molar-refractivity contribution is 14.1. The number of halogens is 1. The van der Waals surface area contributed by atoms with Crippen molar-refractivity contribution < 1.29 is 4.79 Å². The van der Waals surface area contributed by atoms with Crippen LogP contribution in [0.15, 0.2) is 24.3 Å². The largest absolute Gasteiger partial charge is 0.336 e. The molecule has 0 radical (unpaired) electrons. The molecule has 16 heavy (non-hydrogen) atoms. The SMILES string of the molecule is CN1CCN(C(=O)c2cccc(I)c2)CC1. The smallest absolute Gasteiger partial charge is 0.253 e. The number of carbonyl (C=O) groups is 1. The van der Waals surface area contributed by atoms with Gasteiger partial charge < -0.3 is 9.80 Å². The van der Waals surface area contributed by atoms with E-state index in [1.54, 1.807) is 0 Å². The second-order valence-electron chi connectivity index (χ2n) is 4.11. The van der Waals surface area contributed by atoms with Crippen molar-refractivity contribution in [3.8, 4) is 0 Å². The standard InChI is InChI=1S/C12H15IN2O/c1-14-5-7-15(8-6-14)12(16)10-3-2-4-11(13)9-10/h2-4,9H,5-8H2,1H3. The highest BCUT2D eigenvalue weighted by atomic mass is 127. The molecule has 0 aromatic heterocycles. The average Bonchev–Trinajstić information content (AvgIpc) is 2.29. The molecule has 0 N–H and O–H groups in total. The van der Waals surface area contributed by atoms with Gasteiger partial charge in [-0.1, -0.05) is 6.07 Å². The fraction of sp³-hybridized carbons (Fsp3) is 0.417. The third-order valence-electron chi connectivity index (χ3n) is 2.86. The van der Waals surface area contributed by atoms with E-state index in [4.69, 9.17) is 0 Å². The Balaban J connectivity index is 2.08. The fourth-order valence-corrected chi connectivity index (χ4v) is 2.36. The lowest BCUT2D eigenvalue weighted by Gasteiger charge is -2.32. The van der Waals surface area contributed by atoms with Gasteiger partial charge in [0, 0.05) is 35.3 Å². The van der Waals surface area contributed by atoms with Crippen molar-refractivity contribution in [1.82, 2.24) is 9.80 Å². The summed E-state index contributed by atoms with van der Waals surface area (Å²) in [4.78, 5) is 16.3. The summed E-state index contributed by atoms with van der Waals surface area (Å²) < 4.78 is 1.11. The molecule has 0 saturated carbocycles. The molecule has 1 aliphatic rings. The predicted molar refractivity (Wildman–Crippen MR) is 72.6 cm³/mol. The van der Waals surface area contributed by atoms with Crippen LogP contribution in [-0.2, 0) is 0 Å². The molecule has 1 amide bonds. The molecule has 2 rings (SSSR count). The van der Waals surface area contributed by atoms with Gasteiger partial charge in [0.1, 0.15) is 0 Å². The molecule has 1 saturated heterocycles. The number of amides is 1. The molecule has 0 aliphatic carbocycles. The zero-order valence-corrected chi connectivity index (χ0v) is 11.5. The summed E-state index contributed by atoms with van der Waals surface area (Å²) in [6.45, 7) is 3.60. The van der Waals surface area contributed by atoms with E-state index in [1.807, 2.05) is 29.2 Å². The first kappa shape index (κ1) is 11.9. The maximum atomic E-state index is 12.2. The summed E-state index contributed by atoms with van der Waals surface area (Å²) in [7, 11) is 2.09. The van der Waals surface area contributed by atoms with Crippen molar-refractivity contribution in [2.75, 3.05) is 33.2 Å². The Morgan fingerprint density at radius 1 is 1.25 bits per heavy atom. The van der Waals surface area contributed by atoms with E-state index in [1.165, 1.54) is 0 Å². The Morgan fingerprint density at radius 2 is 1.94 bits per heavy atom. The van der Waals surface area contributed by atoms with E-state index >= 15 is 0 Å². The van der Waals surface area contributed by atoms with Crippen molar-refractivity contribution in [3.63, 3.8) is 0 Å². The van der Waals surface area contributed by atoms with Crippen LogP contribution in [0.3, 0.4) is 0 Å². The lowest BCUT2D eigenvalue weighted by atomic mass is 10.2. The van der Waals surface area contributed by atoms with E-state index in [2.05, 4.69) is 34.5 Å². The maximum absolute atomic E-state index is 12.2. The first-order valence-corrected chi connectivity index (χ1v) is 6.48. The van der Waals surface area contributed by atoms with Gasteiger partial charge in [-0.15, -0.1) is 0 Å². The number of hydrogen-bond donors (Lipinski definition) is 0.